The normalized spacial score (nSPS) is 21.8. The molecular weight excluding hydrogens is 292 g/mol. The molecule has 0 spiro atoms. The topological polar surface area (TPSA) is 9.23 Å². The molecule has 0 saturated heterocycles. The van der Waals surface area contributed by atoms with Crippen LogP contribution in [0.15, 0.2) is 48.6 Å². The van der Waals surface area contributed by atoms with Gasteiger partial charge in [0.25, 0.3) is 0 Å². The highest BCUT2D eigenvalue weighted by Crippen LogP contribution is 2.36. The highest BCUT2D eigenvalue weighted by atomic mass is 16.5. The third-order valence-corrected chi connectivity index (χ3v) is 4.97. The summed E-state index contributed by atoms with van der Waals surface area (Å²) in [6.07, 6.45) is 18.0. The van der Waals surface area contributed by atoms with E-state index in [-0.39, 0.29) is 0 Å². The fourth-order valence-corrected chi connectivity index (χ4v) is 3.47. The minimum absolute atomic E-state index is 0.712. The minimum atomic E-state index is 0.712. The largest absolute Gasteiger partial charge is 0.373 e. The van der Waals surface area contributed by atoms with Crippen molar-refractivity contribution in [3.05, 3.63) is 59.7 Å². The van der Waals surface area contributed by atoms with Crippen molar-refractivity contribution in [3.63, 3.8) is 0 Å². The maximum absolute atomic E-state index is 5.67. The number of benzene rings is 1. The number of ether oxygens (including phenoxy) is 1. The van der Waals surface area contributed by atoms with Crippen LogP contribution in [-0.4, -0.2) is 6.61 Å². The molecule has 0 heterocycles. The number of rotatable bonds is 9. The summed E-state index contributed by atoms with van der Waals surface area (Å²) in [6.45, 7) is 5.82. The van der Waals surface area contributed by atoms with Crippen molar-refractivity contribution in [2.24, 2.45) is 5.92 Å². The molecular formula is C23H34O. The van der Waals surface area contributed by atoms with Crippen LogP contribution in [0.1, 0.15) is 75.8 Å². The van der Waals surface area contributed by atoms with Gasteiger partial charge in [0, 0.05) is 0 Å². The molecule has 1 nitrogen and oxygen atoms in total. The molecule has 0 aromatic heterocycles. The first-order valence-electron chi connectivity index (χ1n) is 9.81. The molecule has 0 aliphatic heterocycles. The Kier molecular flexibility index (Phi) is 8.91. The second-order valence-electron chi connectivity index (χ2n) is 6.96. The number of allylic oxidation sites excluding steroid dienone is 3. The SMILES string of the molecule is CCC=CCOCc1ccc(C2CCC(C=CCCC)CC2)cc1. The Hall–Kier alpha value is -1.34. The highest BCUT2D eigenvalue weighted by Gasteiger charge is 2.20. The van der Waals surface area contributed by atoms with E-state index in [0.29, 0.717) is 13.2 Å². The van der Waals surface area contributed by atoms with Crippen molar-refractivity contribution in [1.82, 2.24) is 0 Å². The van der Waals surface area contributed by atoms with Crippen LogP contribution < -0.4 is 0 Å². The predicted molar refractivity (Wildman–Crippen MR) is 104 cm³/mol. The van der Waals surface area contributed by atoms with E-state index in [1.807, 2.05) is 0 Å². The van der Waals surface area contributed by atoms with Gasteiger partial charge in [-0.05, 0) is 61.5 Å². The average molecular weight is 327 g/mol. The third-order valence-electron chi connectivity index (χ3n) is 4.97. The smallest absolute Gasteiger partial charge is 0.0721 e. The molecule has 1 aromatic rings. The lowest BCUT2D eigenvalue weighted by molar-refractivity contribution is 0.148. The zero-order valence-electron chi connectivity index (χ0n) is 15.5. The quantitative estimate of drug-likeness (QED) is 0.358. The van der Waals surface area contributed by atoms with Crippen LogP contribution in [0.5, 0.6) is 0 Å². The second kappa shape index (κ2) is 11.3. The number of hydrogen-bond acceptors (Lipinski definition) is 1. The molecule has 0 amide bonds. The first-order chi connectivity index (χ1) is 11.8. The first kappa shape index (κ1) is 19.0. The average Bonchev–Trinajstić information content (AvgIpc) is 2.63. The van der Waals surface area contributed by atoms with Gasteiger partial charge in [-0.15, -0.1) is 0 Å². The van der Waals surface area contributed by atoms with E-state index in [4.69, 9.17) is 4.74 Å². The van der Waals surface area contributed by atoms with E-state index in [1.54, 1.807) is 0 Å². The van der Waals surface area contributed by atoms with Gasteiger partial charge in [0.15, 0.2) is 0 Å². The summed E-state index contributed by atoms with van der Waals surface area (Å²) in [5.74, 6) is 1.57. The number of hydrogen-bond donors (Lipinski definition) is 0. The van der Waals surface area contributed by atoms with Crippen molar-refractivity contribution in [3.8, 4) is 0 Å². The van der Waals surface area contributed by atoms with Gasteiger partial charge in [0.05, 0.1) is 13.2 Å². The molecule has 0 radical (unpaired) electrons. The summed E-state index contributed by atoms with van der Waals surface area (Å²) in [4.78, 5) is 0. The Morgan fingerprint density at radius 3 is 2.38 bits per heavy atom. The first-order valence-corrected chi connectivity index (χ1v) is 9.81. The van der Waals surface area contributed by atoms with Gasteiger partial charge in [0.1, 0.15) is 0 Å². The molecule has 1 fully saturated rings. The van der Waals surface area contributed by atoms with Crippen LogP contribution in [0.4, 0.5) is 0 Å². The zero-order chi connectivity index (χ0) is 17.0. The van der Waals surface area contributed by atoms with E-state index in [9.17, 15) is 0 Å². The van der Waals surface area contributed by atoms with Gasteiger partial charge in [-0.3, -0.25) is 0 Å². The predicted octanol–water partition coefficient (Wildman–Crippen LogP) is 6.80. The minimum Gasteiger partial charge on any atom is -0.373 e. The summed E-state index contributed by atoms with van der Waals surface area (Å²) < 4.78 is 5.67. The Morgan fingerprint density at radius 1 is 0.958 bits per heavy atom. The van der Waals surface area contributed by atoms with Crippen molar-refractivity contribution in [1.29, 1.82) is 0 Å². The molecule has 132 valence electrons. The fourth-order valence-electron chi connectivity index (χ4n) is 3.47. The summed E-state index contributed by atoms with van der Waals surface area (Å²) in [7, 11) is 0. The fraction of sp³-hybridized carbons (Fsp3) is 0.565. The summed E-state index contributed by atoms with van der Waals surface area (Å²) in [5.41, 5.74) is 2.79. The van der Waals surface area contributed by atoms with E-state index >= 15 is 0 Å². The second-order valence-corrected chi connectivity index (χ2v) is 6.96. The molecule has 1 heteroatoms. The Labute approximate surface area is 148 Å². The van der Waals surface area contributed by atoms with Crippen LogP contribution in [0.25, 0.3) is 0 Å². The molecule has 0 N–H and O–H groups in total. The summed E-state index contributed by atoms with van der Waals surface area (Å²) >= 11 is 0. The Balaban J connectivity index is 1.74. The molecule has 24 heavy (non-hydrogen) atoms. The maximum atomic E-state index is 5.67. The van der Waals surface area contributed by atoms with Crippen LogP contribution in [-0.2, 0) is 11.3 Å². The monoisotopic (exact) mass is 326 g/mol. The molecule has 0 unspecified atom stereocenters. The van der Waals surface area contributed by atoms with E-state index < -0.39 is 0 Å². The molecule has 0 atom stereocenters. The van der Waals surface area contributed by atoms with Crippen LogP contribution in [0.2, 0.25) is 0 Å². The summed E-state index contributed by atoms with van der Waals surface area (Å²) in [6, 6.07) is 9.12. The van der Waals surface area contributed by atoms with Crippen molar-refractivity contribution in [2.45, 2.75) is 71.3 Å². The summed E-state index contributed by atoms with van der Waals surface area (Å²) in [5, 5.41) is 0. The number of unbranched alkanes of at least 4 members (excludes halogenated alkanes) is 1. The van der Waals surface area contributed by atoms with Crippen LogP contribution >= 0.6 is 0 Å². The lowest BCUT2D eigenvalue weighted by atomic mass is 9.78. The zero-order valence-corrected chi connectivity index (χ0v) is 15.5. The van der Waals surface area contributed by atoms with E-state index in [0.717, 1.165) is 18.3 Å². The van der Waals surface area contributed by atoms with Gasteiger partial charge >= 0.3 is 0 Å². The highest BCUT2D eigenvalue weighted by molar-refractivity contribution is 5.25. The van der Waals surface area contributed by atoms with Crippen molar-refractivity contribution in [2.75, 3.05) is 6.61 Å². The van der Waals surface area contributed by atoms with Crippen LogP contribution in [0, 0.1) is 5.92 Å². The van der Waals surface area contributed by atoms with Crippen LogP contribution in [0.3, 0.4) is 0 Å². The molecule has 0 bridgehead atoms. The molecule has 1 saturated carbocycles. The lowest BCUT2D eigenvalue weighted by Crippen LogP contribution is -2.11. The van der Waals surface area contributed by atoms with Gasteiger partial charge in [-0.25, -0.2) is 0 Å². The van der Waals surface area contributed by atoms with Crippen molar-refractivity contribution < 1.29 is 4.74 Å². The third kappa shape index (κ3) is 6.65. The molecule has 2 rings (SSSR count). The van der Waals surface area contributed by atoms with Gasteiger partial charge in [-0.2, -0.15) is 0 Å². The lowest BCUT2D eigenvalue weighted by Gasteiger charge is -2.27. The standard InChI is InChI=1S/C23H34O/c1-3-5-7-9-20-10-14-22(15-11-20)23-16-12-21(13-17-23)19-24-18-8-6-4-2/h6-9,12-13,16-17,20,22H,3-5,10-11,14-15,18-19H2,1-2H3. The van der Waals surface area contributed by atoms with E-state index in [1.165, 1.54) is 49.7 Å². The van der Waals surface area contributed by atoms with Crippen molar-refractivity contribution >= 4 is 0 Å². The van der Waals surface area contributed by atoms with E-state index in [2.05, 4.69) is 62.4 Å². The molecule has 1 aromatic carbocycles. The molecule has 1 aliphatic carbocycles. The van der Waals surface area contributed by atoms with Gasteiger partial charge in [0.2, 0.25) is 0 Å². The molecule has 1 aliphatic rings. The maximum Gasteiger partial charge on any atom is 0.0721 e. The Bertz CT molecular complexity index is 489. The van der Waals surface area contributed by atoms with Gasteiger partial charge in [-0.1, -0.05) is 68.8 Å². The Morgan fingerprint density at radius 2 is 1.71 bits per heavy atom. The van der Waals surface area contributed by atoms with Gasteiger partial charge < -0.3 is 4.74 Å².